The molecule has 3 rings (SSSR count). The van der Waals surface area contributed by atoms with Crippen LogP contribution in [0.4, 0.5) is 11.4 Å². The van der Waals surface area contributed by atoms with Crippen LogP contribution in [-0.4, -0.2) is 51.5 Å². The SMILES string of the molecule is COC(=O)C1=C(C(=O)OC)N(c2cc(Oc3ccc(OC)cc3)cc([N+](=O)[O-])c2)COC1. The lowest BCUT2D eigenvalue weighted by atomic mass is 10.1. The van der Waals surface area contributed by atoms with Crippen molar-refractivity contribution in [3.8, 4) is 17.2 Å². The van der Waals surface area contributed by atoms with Gasteiger partial charge in [0.25, 0.3) is 5.69 Å². The highest BCUT2D eigenvalue weighted by atomic mass is 16.6. The van der Waals surface area contributed by atoms with Crippen LogP contribution in [0.3, 0.4) is 0 Å². The van der Waals surface area contributed by atoms with Crippen LogP contribution in [0.25, 0.3) is 0 Å². The summed E-state index contributed by atoms with van der Waals surface area (Å²) in [6.07, 6.45) is 0. The summed E-state index contributed by atoms with van der Waals surface area (Å²) in [5, 5.41) is 11.5. The predicted octanol–water partition coefficient (Wildman–Crippen LogP) is 2.79. The second-order valence-electron chi connectivity index (χ2n) is 6.44. The number of rotatable bonds is 7. The van der Waals surface area contributed by atoms with Crippen molar-refractivity contribution in [2.45, 2.75) is 0 Å². The highest BCUT2D eigenvalue weighted by Crippen LogP contribution is 2.35. The Labute approximate surface area is 182 Å². The van der Waals surface area contributed by atoms with Crippen molar-refractivity contribution in [3.05, 3.63) is 63.8 Å². The molecule has 2 aromatic rings. The number of anilines is 1. The Morgan fingerprint density at radius 1 is 0.969 bits per heavy atom. The third-order valence-corrected chi connectivity index (χ3v) is 4.53. The summed E-state index contributed by atoms with van der Waals surface area (Å²) in [4.78, 5) is 36.9. The van der Waals surface area contributed by atoms with E-state index in [9.17, 15) is 19.7 Å². The standard InChI is InChI=1S/C21H20N2O9/c1-28-15-4-6-16(7-5-15)32-17-9-13(8-14(10-17)23(26)27)22-12-31-11-18(20(24)29-2)19(22)21(25)30-3/h4-10H,11-12H2,1-3H3. The summed E-state index contributed by atoms with van der Waals surface area (Å²) >= 11 is 0. The van der Waals surface area contributed by atoms with Gasteiger partial charge in [-0.3, -0.25) is 10.1 Å². The minimum absolute atomic E-state index is 0.0743. The van der Waals surface area contributed by atoms with E-state index in [0.29, 0.717) is 11.5 Å². The maximum atomic E-state index is 12.5. The van der Waals surface area contributed by atoms with Gasteiger partial charge in [-0.25, -0.2) is 9.59 Å². The molecule has 2 aromatic carbocycles. The highest BCUT2D eigenvalue weighted by Gasteiger charge is 2.33. The molecule has 1 aliphatic rings. The van der Waals surface area contributed by atoms with Crippen LogP contribution in [0.15, 0.2) is 53.7 Å². The maximum absolute atomic E-state index is 12.5. The van der Waals surface area contributed by atoms with E-state index in [4.69, 9.17) is 23.7 Å². The third-order valence-electron chi connectivity index (χ3n) is 4.53. The van der Waals surface area contributed by atoms with Gasteiger partial charge < -0.3 is 28.6 Å². The van der Waals surface area contributed by atoms with Crippen LogP contribution >= 0.6 is 0 Å². The Bertz CT molecular complexity index is 1060. The van der Waals surface area contributed by atoms with E-state index in [0.717, 1.165) is 14.2 Å². The summed E-state index contributed by atoms with van der Waals surface area (Å²) in [6.45, 7) is -0.341. The fraction of sp³-hybridized carbons (Fsp3) is 0.238. The lowest BCUT2D eigenvalue weighted by Crippen LogP contribution is -2.38. The van der Waals surface area contributed by atoms with Crippen molar-refractivity contribution < 1.29 is 38.2 Å². The van der Waals surface area contributed by atoms with Crippen LogP contribution in [0, 0.1) is 10.1 Å². The number of nitro benzene ring substituents is 1. The van der Waals surface area contributed by atoms with E-state index in [1.807, 2.05) is 0 Å². The van der Waals surface area contributed by atoms with Gasteiger partial charge in [0.05, 0.1) is 50.2 Å². The van der Waals surface area contributed by atoms with Crippen molar-refractivity contribution in [2.75, 3.05) is 39.6 Å². The lowest BCUT2D eigenvalue weighted by molar-refractivity contribution is -0.384. The first-order valence-corrected chi connectivity index (χ1v) is 9.24. The van der Waals surface area contributed by atoms with Gasteiger partial charge in [0.2, 0.25) is 0 Å². The zero-order valence-electron chi connectivity index (χ0n) is 17.5. The molecule has 0 aromatic heterocycles. The normalized spacial score (nSPS) is 13.4. The van der Waals surface area contributed by atoms with Gasteiger partial charge >= 0.3 is 11.9 Å². The van der Waals surface area contributed by atoms with Crippen LogP contribution in [0.2, 0.25) is 0 Å². The molecule has 168 valence electrons. The molecule has 11 heteroatoms. The monoisotopic (exact) mass is 444 g/mol. The molecule has 0 N–H and O–H groups in total. The number of non-ortho nitro benzene ring substituents is 1. The summed E-state index contributed by atoms with van der Waals surface area (Å²) in [5.41, 5.74) is -0.319. The molecular weight excluding hydrogens is 424 g/mol. The molecule has 11 nitrogen and oxygen atoms in total. The first-order valence-electron chi connectivity index (χ1n) is 9.24. The third kappa shape index (κ3) is 4.78. The second-order valence-corrected chi connectivity index (χ2v) is 6.44. The van der Waals surface area contributed by atoms with Crippen LogP contribution < -0.4 is 14.4 Å². The average Bonchev–Trinajstić information content (AvgIpc) is 2.82. The lowest BCUT2D eigenvalue weighted by Gasteiger charge is -2.31. The van der Waals surface area contributed by atoms with E-state index >= 15 is 0 Å². The van der Waals surface area contributed by atoms with E-state index in [2.05, 4.69) is 0 Å². The van der Waals surface area contributed by atoms with Crippen molar-refractivity contribution in [2.24, 2.45) is 0 Å². The number of hydrogen-bond acceptors (Lipinski definition) is 10. The minimum Gasteiger partial charge on any atom is -0.497 e. The van der Waals surface area contributed by atoms with E-state index in [1.165, 1.54) is 30.2 Å². The van der Waals surface area contributed by atoms with E-state index < -0.39 is 16.9 Å². The summed E-state index contributed by atoms with van der Waals surface area (Å²) in [5.74, 6) is -0.446. The van der Waals surface area contributed by atoms with Crippen molar-refractivity contribution >= 4 is 23.3 Å². The molecule has 0 atom stereocenters. The quantitative estimate of drug-likeness (QED) is 0.357. The summed E-state index contributed by atoms with van der Waals surface area (Å²) in [7, 11) is 3.85. The van der Waals surface area contributed by atoms with Gasteiger partial charge in [-0.2, -0.15) is 0 Å². The summed E-state index contributed by atoms with van der Waals surface area (Å²) < 4.78 is 25.8. The molecular formula is C21H20N2O9. The molecule has 0 aliphatic carbocycles. The molecule has 1 aliphatic heterocycles. The molecule has 0 fully saturated rings. The molecule has 0 unspecified atom stereocenters. The first kappa shape index (κ1) is 22.6. The fourth-order valence-corrected chi connectivity index (χ4v) is 3.02. The van der Waals surface area contributed by atoms with Crippen molar-refractivity contribution in [1.29, 1.82) is 0 Å². The second kappa shape index (κ2) is 9.79. The number of nitrogens with zero attached hydrogens (tertiary/aromatic N) is 2. The highest BCUT2D eigenvalue weighted by molar-refractivity contribution is 6.03. The van der Waals surface area contributed by atoms with E-state index in [-0.39, 0.29) is 41.7 Å². The van der Waals surface area contributed by atoms with Gasteiger partial charge in [0.1, 0.15) is 29.7 Å². The molecule has 0 spiro atoms. The molecule has 0 saturated carbocycles. The molecule has 0 saturated heterocycles. The average molecular weight is 444 g/mol. The number of carbonyl (C=O) groups is 2. The van der Waals surface area contributed by atoms with E-state index in [1.54, 1.807) is 24.3 Å². The Morgan fingerprint density at radius 3 is 2.22 bits per heavy atom. The Morgan fingerprint density at radius 2 is 1.62 bits per heavy atom. The smallest absolute Gasteiger partial charge is 0.355 e. The van der Waals surface area contributed by atoms with Crippen LogP contribution in [-0.2, 0) is 23.8 Å². The number of methoxy groups -OCH3 is 3. The van der Waals surface area contributed by atoms with Gasteiger partial charge in [-0.1, -0.05) is 0 Å². The van der Waals surface area contributed by atoms with Gasteiger partial charge in [-0.05, 0) is 24.3 Å². The largest absolute Gasteiger partial charge is 0.497 e. The van der Waals surface area contributed by atoms with Crippen LogP contribution in [0.1, 0.15) is 0 Å². The number of esters is 2. The number of carbonyl (C=O) groups excluding carboxylic acids is 2. The summed E-state index contributed by atoms with van der Waals surface area (Å²) in [6, 6.07) is 10.6. The van der Waals surface area contributed by atoms with Gasteiger partial charge in [0, 0.05) is 12.1 Å². The Balaban J connectivity index is 2.07. The first-order chi connectivity index (χ1) is 15.4. The van der Waals surface area contributed by atoms with Gasteiger partial charge in [-0.15, -0.1) is 0 Å². The maximum Gasteiger partial charge on any atom is 0.355 e. The zero-order valence-corrected chi connectivity index (χ0v) is 17.5. The Hall–Kier alpha value is -4.12. The number of ether oxygens (including phenoxy) is 5. The van der Waals surface area contributed by atoms with Gasteiger partial charge in [0.15, 0.2) is 0 Å². The van der Waals surface area contributed by atoms with Crippen molar-refractivity contribution in [1.82, 2.24) is 0 Å². The number of nitro groups is 1. The number of hydrogen-bond donors (Lipinski definition) is 0. The van der Waals surface area contributed by atoms with Crippen LogP contribution in [0.5, 0.6) is 17.2 Å². The zero-order chi connectivity index (χ0) is 23.3. The fourth-order valence-electron chi connectivity index (χ4n) is 3.02. The van der Waals surface area contributed by atoms with Crippen molar-refractivity contribution in [3.63, 3.8) is 0 Å². The number of benzene rings is 2. The molecule has 32 heavy (non-hydrogen) atoms. The predicted molar refractivity (Wildman–Crippen MR) is 111 cm³/mol. The Kier molecular flexibility index (Phi) is 6.90. The topological polar surface area (TPSA) is 127 Å². The molecule has 0 bridgehead atoms. The molecule has 0 amide bonds. The molecule has 0 radical (unpaired) electrons. The minimum atomic E-state index is -0.821. The molecule has 1 heterocycles.